The monoisotopic (exact) mass is 273 g/mol. The van der Waals surface area contributed by atoms with Gasteiger partial charge in [-0.2, -0.15) is 0 Å². The third kappa shape index (κ3) is 3.89. The van der Waals surface area contributed by atoms with Crippen molar-refractivity contribution in [2.75, 3.05) is 0 Å². The summed E-state index contributed by atoms with van der Waals surface area (Å²) in [5.41, 5.74) is 8.48. The van der Waals surface area contributed by atoms with Crippen LogP contribution >= 0.6 is 0 Å². The van der Waals surface area contributed by atoms with Gasteiger partial charge in [-0.3, -0.25) is 4.79 Å². The van der Waals surface area contributed by atoms with Gasteiger partial charge in [-0.25, -0.2) is 4.68 Å². The summed E-state index contributed by atoms with van der Waals surface area (Å²) < 4.78 is 1.48. The molecular formula is C14H19N5O. The summed E-state index contributed by atoms with van der Waals surface area (Å²) in [5.74, 6) is -0.0990. The molecule has 0 fully saturated rings. The maximum absolute atomic E-state index is 11.8. The van der Waals surface area contributed by atoms with E-state index in [-0.39, 0.29) is 12.5 Å². The summed E-state index contributed by atoms with van der Waals surface area (Å²) in [4.78, 5) is 11.8. The summed E-state index contributed by atoms with van der Waals surface area (Å²) >= 11 is 0. The number of carbonyl (C=O) groups excluding carboxylic acids is 1. The molecule has 1 aromatic heterocycles. The quantitative estimate of drug-likeness (QED) is 0.807. The van der Waals surface area contributed by atoms with E-state index >= 15 is 0 Å². The zero-order chi connectivity index (χ0) is 14.4. The molecule has 0 radical (unpaired) electrons. The molecule has 2 aromatic rings. The topological polar surface area (TPSA) is 85.8 Å². The third-order valence-corrected chi connectivity index (χ3v) is 3.02. The number of amides is 1. The van der Waals surface area contributed by atoms with Gasteiger partial charge in [0.2, 0.25) is 5.91 Å². The molecule has 0 aliphatic heterocycles. The van der Waals surface area contributed by atoms with Gasteiger partial charge in [0.1, 0.15) is 6.54 Å². The highest BCUT2D eigenvalue weighted by Gasteiger charge is 2.05. The van der Waals surface area contributed by atoms with Crippen LogP contribution in [0.4, 0.5) is 0 Å². The minimum atomic E-state index is -0.0990. The molecule has 1 amide bonds. The maximum atomic E-state index is 11.8. The van der Waals surface area contributed by atoms with Crippen molar-refractivity contribution in [1.82, 2.24) is 20.3 Å². The van der Waals surface area contributed by atoms with Gasteiger partial charge in [-0.15, -0.1) is 5.10 Å². The Kier molecular flexibility index (Phi) is 4.84. The number of hydrogen-bond donors (Lipinski definition) is 2. The van der Waals surface area contributed by atoms with Gasteiger partial charge in [-0.1, -0.05) is 36.4 Å². The first-order chi connectivity index (χ1) is 9.71. The zero-order valence-electron chi connectivity index (χ0n) is 11.5. The zero-order valence-corrected chi connectivity index (χ0v) is 11.5. The van der Waals surface area contributed by atoms with Crippen molar-refractivity contribution in [2.24, 2.45) is 5.73 Å². The fraction of sp³-hybridized carbons (Fsp3) is 0.357. The Labute approximate surface area is 118 Å². The van der Waals surface area contributed by atoms with Crippen LogP contribution in [0.3, 0.4) is 0 Å². The summed E-state index contributed by atoms with van der Waals surface area (Å²) in [5, 5.41) is 10.5. The van der Waals surface area contributed by atoms with Crippen LogP contribution in [0.5, 0.6) is 0 Å². The summed E-state index contributed by atoms with van der Waals surface area (Å²) in [6.07, 6.45) is 2.69. The molecule has 0 saturated carbocycles. The number of aryl methyl sites for hydroxylation is 1. The number of nitrogens with two attached hydrogens (primary N) is 1. The molecule has 20 heavy (non-hydrogen) atoms. The van der Waals surface area contributed by atoms with E-state index in [4.69, 9.17) is 5.73 Å². The first-order valence-electron chi connectivity index (χ1n) is 6.65. The van der Waals surface area contributed by atoms with Crippen molar-refractivity contribution in [3.05, 3.63) is 47.3 Å². The molecule has 0 bridgehead atoms. The highest BCUT2D eigenvalue weighted by atomic mass is 16.2. The molecule has 6 nitrogen and oxygen atoms in total. The summed E-state index contributed by atoms with van der Waals surface area (Å²) in [6, 6.07) is 8.21. The number of nitrogens with one attached hydrogen (secondary N) is 1. The van der Waals surface area contributed by atoms with Crippen LogP contribution in [0.15, 0.2) is 30.5 Å². The summed E-state index contributed by atoms with van der Waals surface area (Å²) in [7, 11) is 0. The predicted octanol–water partition coefficient (Wildman–Crippen LogP) is 0.616. The number of hydrogen-bond acceptors (Lipinski definition) is 4. The Morgan fingerprint density at radius 1 is 1.30 bits per heavy atom. The van der Waals surface area contributed by atoms with E-state index in [9.17, 15) is 4.79 Å². The van der Waals surface area contributed by atoms with Crippen LogP contribution in [0, 0.1) is 0 Å². The molecule has 106 valence electrons. The van der Waals surface area contributed by atoms with E-state index in [0.717, 1.165) is 12.0 Å². The van der Waals surface area contributed by atoms with E-state index in [0.29, 0.717) is 18.8 Å². The Morgan fingerprint density at radius 2 is 2.00 bits per heavy atom. The number of benzene rings is 1. The molecule has 6 heteroatoms. The molecule has 0 unspecified atom stereocenters. The average Bonchev–Trinajstić information content (AvgIpc) is 2.93. The van der Waals surface area contributed by atoms with Crippen molar-refractivity contribution in [3.8, 4) is 0 Å². The fourth-order valence-corrected chi connectivity index (χ4v) is 1.81. The number of carbonyl (C=O) groups is 1. The lowest BCUT2D eigenvalue weighted by Crippen LogP contribution is -2.27. The van der Waals surface area contributed by atoms with E-state index in [2.05, 4.69) is 34.7 Å². The molecule has 0 atom stereocenters. The molecular weight excluding hydrogens is 254 g/mol. The van der Waals surface area contributed by atoms with Crippen LogP contribution in [-0.4, -0.2) is 20.9 Å². The second-order valence-corrected chi connectivity index (χ2v) is 4.56. The lowest BCUT2D eigenvalue weighted by atomic mass is 10.1. The second-order valence-electron chi connectivity index (χ2n) is 4.56. The maximum Gasteiger partial charge on any atom is 0.242 e. The van der Waals surface area contributed by atoms with Gasteiger partial charge >= 0.3 is 0 Å². The number of aromatic nitrogens is 3. The van der Waals surface area contributed by atoms with Gasteiger partial charge in [0.25, 0.3) is 0 Å². The van der Waals surface area contributed by atoms with E-state index in [1.54, 1.807) is 6.20 Å². The smallest absolute Gasteiger partial charge is 0.242 e. The largest absolute Gasteiger partial charge is 0.350 e. The predicted molar refractivity (Wildman–Crippen MR) is 75.6 cm³/mol. The second kappa shape index (κ2) is 6.81. The van der Waals surface area contributed by atoms with E-state index in [1.165, 1.54) is 10.2 Å². The van der Waals surface area contributed by atoms with Gasteiger partial charge in [0.15, 0.2) is 0 Å². The van der Waals surface area contributed by atoms with E-state index in [1.807, 2.05) is 12.1 Å². The lowest BCUT2D eigenvalue weighted by molar-refractivity contribution is -0.122. The molecule has 0 aliphatic rings. The van der Waals surface area contributed by atoms with Gasteiger partial charge < -0.3 is 11.1 Å². The van der Waals surface area contributed by atoms with Gasteiger partial charge in [0.05, 0.1) is 11.9 Å². The SMILES string of the molecule is CCc1ccc(CNC(=O)Cn2cc(CN)nn2)cc1. The molecule has 3 N–H and O–H groups in total. The highest BCUT2D eigenvalue weighted by molar-refractivity contribution is 5.75. The Bertz CT molecular complexity index is 561. The van der Waals surface area contributed by atoms with Crippen molar-refractivity contribution in [3.63, 3.8) is 0 Å². The van der Waals surface area contributed by atoms with Gasteiger partial charge in [0, 0.05) is 13.1 Å². The molecule has 0 spiro atoms. The summed E-state index contributed by atoms with van der Waals surface area (Å²) in [6.45, 7) is 3.11. The molecule has 0 saturated heterocycles. The normalized spacial score (nSPS) is 10.5. The molecule has 0 aliphatic carbocycles. The lowest BCUT2D eigenvalue weighted by Gasteiger charge is -2.06. The van der Waals surface area contributed by atoms with Gasteiger partial charge in [-0.05, 0) is 17.5 Å². The fourth-order valence-electron chi connectivity index (χ4n) is 1.81. The van der Waals surface area contributed by atoms with Crippen LogP contribution in [0.1, 0.15) is 23.7 Å². The van der Waals surface area contributed by atoms with Crippen LogP contribution in [0.25, 0.3) is 0 Å². The van der Waals surface area contributed by atoms with Crippen molar-refractivity contribution < 1.29 is 4.79 Å². The first-order valence-corrected chi connectivity index (χ1v) is 6.65. The minimum absolute atomic E-state index is 0.0990. The molecule has 1 heterocycles. The Morgan fingerprint density at radius 3 is 2.60 bits per heavy atom. The van der Waals surface area contributed by atoms with Crippen molar-refractivity contribution >= 4 is 5.91 Å². The first kappa shape index (κ1) is 14.2. The highest BCUT2D eigenvalue weighted by Crippen LogP contribution is 2.04. The third-order valence-electron chi connectivity index (χ3n) is 3.02. The number of nitrogens with zero attached hydrogens (tertiary/aromatic N) is 3. The Balaban J connectivity index is 1.82. The standard InChI is InChI=1S/C14H19N5O/c1-2-11-3-5-12(6-4-11)8-16-14(20)10-19-9-13(7-15)17-18-19/h3-6,9H,2,7-8,10,15H2,1H3,(H,16,20). The van der Waals surface area contributed by atoms with E-state index < -0.39 is 0 Å². The van der Waals surface area contributed by atoms with Crippen molar-refractivity contribution in [1.29, 1.82) is 0 Å². The minimum Gasteiger partial charge on any atom is -0.350 e. The van der Waals surface area contributed by atoms with Crippen LogP contribution in [0.2, 0.25) is 0 Å². The van der Waals surface area contributed by atoms with Crippen LogP contribution in [-0.2, 0) is 30.8 Å². The molecule has 2 rings (SSSR count). The van der Waals surface area contributed by atoms with Crippen LogP contribution < -0.4 is 11.1 Å². The average molecular weight is 273 g/mol. The Hall–Kier alpha value is -2.21. The molecule has 1 aromatic carbocycles. The van der Waals surface area contributed by atoms with Crippen molar-refractivity contribution in [2.45, 2.75) is 33.0 Å². The number of rotatable bonds is 6.